The second-order valence-corrected chi connectivity index (χ2v) is 15.2. The fourth-order valence-corrected chi connectivity index (χ4v) is 6.29. The highest BCUT2D eigenvalue weighted by Gasteiger charge is 2.20. The van der Waals surface area contributed by atoms with Crippen LogP contribution in [-0.2, 0) is 23.9 Å². The van der Waals surface area contributed by atoms with Crippen LogP contribution in [0.5, 0.6) is 5.75 Å². The smallest absolute Gasteiger partial charge is 0.193 e. The highest BCUT2D eigenvalue weighted by atomic mass is 16.5. The molecule has 0 fully saturated rings. The largest absolute Gasteiger partial charge is 0.495 e. The molecule has 0 aliphatic carbocycles. The first-order valence-electron chi connectivity index (χ1n) is 17.6. The third-order valence-corrected chi connectivity index (χ3v) is 9.31. The molecule has 7 heteroatoms. The van der Waals surface area contributed by atoms with Crippen LogP contribution in [0.2, 0.25) is 0 Å². The molecule has 268 valence electrons. The van der Waals surface area contributed by atoms with Crippen molar-refractivity contribution in [1.29, 1.82) is 10.8 Å². The van der Waals surface area contributed by atoms with Crippen molar-refractivity contribution in [3.05, 3.63) is 150 Å². The number of methoxy groups -OCH3 is 1. The molecule has 6 aromatic carbocycles. The maximum Gasteiger partial charge on any atom is 0.193 e. The Balaban J connectivity index is 0.000000202. The number of rotatable bonds is 7. The second kappa shape index (κ2) is 15.6. The number of guanidine groups is 2. The Morgan fingerprint density at radius 2 is 0.981 bits per heavy atom. The van der Waals surface area contributed by atoms with Gasteiger partial charge in [0.15, 0.2) is 11.9 Å². The van der Waals surface area contributed by atoms with E-state index in [-0.39, 0.29) is 22.7 Å². The molecule has 0 heterocycles. The number of nitrogens with zero attached hydrogens (tertiary/aromatic N) is 2. The molecule has 0 atom stereocenters. The van der Waals surface area contributed by atoms with Crippen LogP contribution in [0.3, 0.4) is 0 Å². The van der Waals surface area contributed by atoms with Gasteiger partial charge in [-0.15, -0.1) is 0 Å². The van der Waals surface area contributed by atoms with Gasteiger partial charge in [-0.25, -0.2) is 0 Å². The van der Waals surface area contributed by atoms with E-state index in [4.69, 9.17) is 27.0 Å². The summed E-state index contributed by atoms with van der Waals surface area (Å²) in [5, 5.41) is 20.6. The van der Waals surface area contributed by atoms with E-state index in [0.717, 1.165) is 44.0 Å². The van der Waals surface area contributed by atoms with Gasteiger partial charge in [0, 0.05) is 10.8 Å². The van der Waals surface area contributed by atoms with E-state index in [2.05, 4.69) is 114 Å². The molecule has 0 bridgehead atoms. The zero-order valence-corrected chi connectivity index (χ0v) is 31.5. The molecular formula is C45H52N6O. The van der Waals surface area contributed by atoms with Crippen molar-refractivity contribution in [1.82, 2.24) is 0 Å². The van der Waals surface area contributed by atoms with Gasteiger partial charge in [-0.05, 0) is 56.0 Å². The first-order valence-corrected chi connectivity index (χ1v) is 17.6. The Morgan fingerprint density at radius 1 is 0.538 bits per heavy atom. The van der Waals surface area contributed by atoms with E-state index in [1.807, 2.05) is 59.5 Å². The Hall–Kier alpha value is -5.82. The molecule has 0 unspecified atom stereocenters. The lowest BCUT2D eigenvalue weighted by atomic mass is 9.86. The minimum Gasteiger partial charge on any atom is -0.495 e. The summed E-state index contributed by atoms with van der Waals surface area (Å²) in [6.45, 7) is 14.3. The minimum absolute atomic E-state index is 0.00968. The van der Waals surface area contributed by atoms with E-state index in [9.17, 15) is 0 Å². The van der Waals surface area contributed by atoms with Crippen molar-refractivity contribution in [2.24, 2.45) is 11.5 Å². The third-order valence-electron chi connectivity index (χ3n) is 9.31. The molecule has 0 aromatic heterocycles. The first-order chi connectivity index (χ1) is 24.7. The van der Waals surface area contributed by atoms with Crippen molar-refractivity contribution >= 4 is 44.8 Å². The molecule has 0 saturated carbocycles. The number of fused-ring (bicyclic) bond motifs is 2. The quantitative estimate of drug-likeness (QED) is 0.0982. The highest BCUT2D eigenvalue weighted by Crippen LogP contribution is 2.37. The molecule has 0 aliphatic rings. The molecule has 0 spiro atoms. The number of hydrogen-bond donors (Lipinski definition) is 4. The predicted molar refractivity (Wildman–Crippen MR) is 221 cm³/mol. The lowest BCUT2D eigenvalue weighted by Gasteiger charge is -2.27. The maximum absolute atomic E-state index is 8.18. The summed E-state index contributed by atoms with van der Waals surface area (Å²) in [5.74, 6) is 0.746. The molecule has 0 radical (unpaired) electrons. The van der Waals surface area contributed by atoms with Crippen molar-refractivity contribution in [2.75, 3.05) is 16.9 Å². The standard InChI is InChI=1S/C23H27N3O.C22H25N3/c1-23(2,3)18-12-9-16(10-13-18)15-26(22(24)25)21-19-8-6-5-7-17(19)11-14-20(21)27-4;1-22(2,3)18-13-11-16(12-14-18)15-25(21(23)24)20-10-6-8-17-7-4-5-9-19(17)20/h5-14H,15H2,1-4H3,(H3,24,25);4-14H,15H2,1-3H3,(H3,23,24). The monoisotopic (exact) mass is 692 g/mol. The fourth-order valence-electron chi connectivity index (χ4n) is 6.29. The van der Waals surface area contributed by atoms with E-state index in [0.29, 0.717) is 18.8 Å². The van der Waals surface area contributed by atoms with Crippen molar-refractivity contribution < 1.29 is 4.74 Å². The number of nitrogens with two attached hydrogens (primary N) is 2. The SMILES string of the molecule is CC(C)(C)c1ccc(CN(C(=N)N)c2cccc3ccccc23)cc1.COc1ccc2ccccc2c1N(Cc1ccc(C(C)(C)C)cc1)C(=N)N. The van der Waals surface area contributed by atoms with Gasteiger partial charge < -0.3 is 26.0 Å². The van der Waals surface area contributed by atoms with Gasteiger partial charge in [0.1, 0.15) is 5.75 Å². The van der Waals surface area contributed by atoms with E-state index in [1.165, 1.54) is 11.1 Å². The molecule has 7 nitrogen and oxygen atoms in total. The van der Waals surface area contributed by atoms with Crippen LogP contribution >= 0.6 is 0 Å². The Labute approximate surface area is 308 Å². The highest BCUT2D eigenvalue weighted by molar-refractivity contribution is 6.06. The topological polar surface area (TPSA) is 115 Å². The number of benzene rings is 6. The number of hydrogen-bond acceptors (Lipinski definition) is 3. The van der Waals surface area contributed by atoms with Gasteiger partial charge in [0.05, 0.1) is 31.6 Å². The molecule has 0 aliphatic heterocycles. The van der Waals surface area contributed by atoms with Gasteiger partial charge in [-0.1, -0.05) is 157 Å². The molecule has 0 amide bonds. The Morgan fingerprint density at radius 3 is 1.46 bits per heavy atom. The summed E-state index contributed by atoms with van der Waals surface area (Å²) in [6, 6.07) is 43.4. The van der Waals surface area contributed by atoms with Crippen molar-refractivity contribution in [2.45, 2.75) is 65.5 Å². The van der Waals surface area contributed by atoms with E-state index >= 15 is 0 Å². The van der Waals surface area contributed by atoms with Gasteiger partial charge in [0.2, 0.25) is 0 Å². The summed E-state index contributed by atoms with van der Waals surface area (Å²) >= 11 is 0. The van der Waals surface area contributed by atoms with Crippen LogP contribution in [0.25, 0.3) is 21.5 Å². The molecular weight excluding hydrogens is 641 g/mol. The second-order valence-electron chi connectivity index (χ2n) is 15.2. The molecule has 6 aromatic rings. The van der Waals surface area contributed by atoms with Gasteiger partial charge in [0.25, 0.3) is 0 Å². The summed E-state index contributed by atoms with van der Waals surface area (Å²) in [5.41, 5.74) is 18.7. The average molecular weight is 693 g/mol. The summed E-state index contributed by atoms with van der Waals surface area (Å²) in [4.78, 5) is 3.65. The minimum atomic E-state index is -0.00968. The van der Waals surface area contributed by atoms with Gasteiger partial charge >= 0.3 is 0 Å². The van der Waals surface area contributed by atoms with Crippen LogP contribution in [0, 0.1) is 10.8 Å². The third kappa shape index (κ3) is 8.72. The van der Waals surface area contributed by atoms with Crippen LogP contribution in [-0.4, -0.2) is 19.0 Å². The number of anilines is 2. The molecule has 6 rings (SSSR count). The van der Waals surface area contributed by atoms with Crippen molar-refractivity contribution in [3.8, 4) is 5.75 Å². The summed E-state index contributed by atoms with van der Waals surface area (Å²) in [7, 11) is 1.64. The average Bonchev–Trinajstić information content (AvgIpc) is 3.12. The number of ether oxygens (including phenoxy) is 1. The molecule has 6 N–H and O–H groups in total. The number of nitrogens with one attached hydrogen (secondary N) is 2. The summed E-state index contributed by atoms with van der Waals surface area (Å²) < 4.78 is 5.59. The molecule has 52 heavy (non-hydrogen) atoms. The zero-order valence-electron chi connectivity index (χ0n) is 31.5. The van der Waals surface area contributed by atoms with Crippen LogP contribution in [0.1, 0.15) is 63.8 Å². The Kier molecular flexibility index (Phi) is 11.2. The van der Waals surface area contributed by atoms with Crippen LogP contribution in [0.4, 0.5) is 11.4 Å². The lowest BCUT2D eigenvalue weighted by Crippen LogP contribution is -2.36. The Bertz CT molecular complexity index is 2150. The van der Waals surface area contributed by atoms with Crippen molar-refractivity contribution in [3.63, 3.8) is 0 Å². The first kappa shape index (κ1) is 37.4. The maximum atomic E-state index is 8.18. The fraction of sp³-hybridized carbons (Fsp3) is 0.244. The van der Waals surface area contributed by atoms with E-state index < -0.39 is 0 Å². The summed E-state index contributed by atoms with van der Waals surface area (Å²) in [6.07, 6.45) is 0. The van der Waals surface area contributed by atoms with Gasteiger partial charge in [-0.3, -0.25) is 10.8 Å². The zero-order chi connectivity index (χ0) is 37.6. The van der Waals surface area contributed by atoms with Crippen LogP contribution in [0.15, 0.2) is 127 Å². The molecule has 0 saturated heterocycles. The van der Waals surface area contributed by atoms with Gasteiger partial charge in [-0.2, -0.15) is 0 Å². The lowest BCUT2D eigenvalue weighted by molar-refractivity contribution is 0.416. The van der Waals surface area contributed by atoms with Crippen LogP contribution < -0.4 is 26.0 Å². The predicted octanol–water partition coefficient (Wildman–Crippen LogP) is 10.1. The van der Waals surface area contributed by atoms with E-state index in [1.54, 1.807) is 12.0 Å². The normalized spacial score (nSPS) is 11.4.